The molecule has 0 aliphatic heterocycles. The van der Waals surface area contributed by atoms with E-state index in [9.17, 15) is 13.2 Å². The van der Waals surface area contributed by atoms with E-state index in [0.29, 0.717) is 31.7 Å². The molecule has 0 fully saturated rings. The maximum atomic E-state index is 12.6. The van der Waals surface area contributed by atoms with E-state index in [1.165, 1.54) is 6.07 Å². The summed E-state index contributed by atoms with van der Waals surface area (Å²) in [5, 5.41) is 0. The predicted molar refractivity (Wildman–Crippen MR) is 69.2 cm³/mol. The summed E-state index contributed by atoms with van der Waals surface area (Å²) < 4.78 is 37.8. The lowest BCUT2D eigenvalue weighted by Gasteiger charge is -2.20. The molecule has 2 N–H and O–H groups in total. The summed E-state index contributed by atoms with van der Waals surface area (Å²) in [4.78, 5) is 1.91. The maximum Gasteiger partial charge on any atom is 0.416 e. The second-order valence-electron chi connectivity index (χ2n) is 4.26. The smallest absolute Gasteiger partial charge is 0.330 e. The number of alkyl halides is 3. The largest absolute Gasteiger partial charge is 0.416 e. The average Bonchev–Trinajstić information content (AvgIpc) is 2.35. The molecule has 104 valence electrons. The Balaban J connectivity index is 2.76. The van der Waals surface area contributed by atoms with Gasteiger partial charge >= 0.3 is 6.18 Å². The third-order valence-corrected chi connectivity index (χ3v) is 2.65. The summed E-state index contributed by atoms with van der Waals surface area (Å²) in [6.45, 7) is 2.00. The normalized spacial score (nSPS) is 11.6. The molecule has 0 saturated heterocycles. The minimum atomic E-state index is -4.32. The number of terminal acetylenes is 1. The van der Waals surface area contributed by atoms with E-state index in [0.717, 1.165) is 18.6 Å². The molecule has 0 heterocycles. The van der Waals surface area contributed by atoms with Crippen molar-refractivity contribution in [3.05, 3.63) is 35.4 Å². The van der Waals surface area contributed by atoms with Crippen LogP contribution in [0.15, 0.2) is 24.3 Å². The van der Waals surface area contributed by atoms with E-state index in [4.69, 9.17) is 12.2 Å². The van der Waals surface area contributed by atoms with Gasteiger partial charge in [0.1, 0.15) is 0 Å². The number of hydrogen-bond donors (Lipinski definition) is 1. The van der Waals surface area contributed by atoms with Crippen LogP contribution >= 0.6 is 0 Å². The van der Waals surface area contributed by atoms with Crippen LogP contribution in [0.25, 0.3) is 0 Å². The highest BCUT2D eigenvalue weighted by Crippen LogP contribution is 2.29. The van der Waals surface area contributed by atoms with E-state index in [1.54, 1.807) is 6.07 Å². The number of hydrogen-bond acceptors (Lipinski definition) is 2. The molecular formula is C14H17F3N2. The van der Waals surface area contributed by atoms with Crippen LogP contribution in [0.1, 0.15) is 17.5 Å². The zero-order valence-electron chi connectivity index (χ0n) is 10.6. The van der Waals surface area contributed by atoms with Crippen molar-refractivity contribution < 1.29 is 13.2 Å². The molecule has 1 aromatic carbocycles. The number of rotatable bonds is 6. The Hall–Kier alpha value is -1.51. The zero-order chi connectivity index (χ0) is 14.3. The molecule has 0 aliphatic rings. The van der Waals surface area contributed by atoms with Gasteiger partial charge < -0.3 is 5.73 Å². The van der Waals surface area contributed by atoms with Crippen molar-refractivity contribution in [2.75, 3.05) is 19.6 Å². The lowest BCUT2D eigenvalue weighted by Crippen LogP contribution is -2.26. The van der Waals surface area contributed by atoms with Gasteiger partial charge in [-0.1, -0.05) is 24.1 Å². The van der Waals surface area contributed by atoms with Crippen LogP contribution in [-0.4, -0.2) is 24.5 Å². The standard InChI is InChI=1S/C14H17F3N2/c1-2-8-19(9-4-7-18)11-12-5-3-6-13(10-12)14(15,16)17/h1,3,5-6,10H,4,7-9,11,18H2. The summed E-state index contributed by atoms with van der Waals surface area (Å²) in [6, 6.07) is 5.30. The highest BCUT2D eigenvalue weighted by molar-refractivity contribution is 5.25. The van der Waals surface area contributed by atoms with Crippen LogP contribution in [0.4, 0.5) is 13.2 Å². The van der Waals surface area contributed by atoms with Crippen molar-refractivity contribution in [2.45, 2.75) is 19.1 Å². The first-order valence-electron chi connectivity index (χ1n) is 5.99. The molecule has 2 nitrogen and oxygen atoms in total. The second kappa shape index (κ2) is 7.17. The van der Waals surface area contributed by atoms with Gasteiger partial charge in [0.15, 0.2) is 0 Å². The van der Waals surface area contributed by atoms with Crippen molar-refractivity contribution in [3.8, 4) is 12.3 Å². The molecule has 0 radical (unpaired) electrons. The van der Waals surface area contributed by atoms with Crippen LogP contribution in [-0.2, 0) is 12.7 Å². The van der Waals surface area contributed by atoms with Gasteiger partial charge in [-0.3, -0.25) is 4.90 Å². The molecule has 1 rings (SSSR count). The van der Waals surface area contributed by atoms with Crippen LogP contribution in [0, 0.1) is 12.3 Å². The Kier molecular flexibility index (Phi) is 5.87. The molecule has 0 atom stereocenters. The van der Waals surface area contributed by atoms with Gasteiger partial charge in [-0.05, 0) is 24.6 Å². The molecule has 19 heavy (non-hydrogen) atoms. The summed E-state index contributed by atoms with van der Waals surface area (Å²) in [6.07, 6.45) is 1.70. The van der Waals surface area contributed by atoms with Crippen LogP contribution in [0.3, 0.4) is 0 Å². The zero-order valence-corrected chi connectivity index (χ0v) is 10.6. The van der Waals surface area contributed by atoms with Gasteiger partial charge in [-0.15, -0.1) is 6.42 Å². The number of nitrogens with two attached hydrogens (primary N) is 1. The molecule has 0 amide bonds. The van der Waals surface area contributed by atoms with E-state index >= 15 is 0 Å². The fourth-order valence-electron chi connectivity index (χ4n) is 1.76. The Labute approximate surface area is 111 Å². The minimum absolute atomic E-state index is 0.397. The molecular weight excluding hydrogens is 253 g/mol. The molecule has 0 unspecified atom stereocenters. The van der Waals surface area contributed by atoms with E-state index in [2.05, 4.69) is 5.92 Å². The summed E-state index contributed by atoms with van der Waals surface area (Å²) >= 11 is 0. The quantitative estimate of drug-likeness (QED) is 0.805. The molecule has 0 aromatic heterocycles. The SMILES string of the molecule is C#CCN(CCCN)Cc1cccc(C(F)(F)F)c1. The molecule has 5 heteroatoms. The van der Waals surface area contributed by atoms with Crippen molar-refractivity contribution in [3.63, 3.8) is 0 Å². The Morgan fingerprint density at radius 2 is 2.05 bits per heavy atom. The van der Waals surface area contributed by atoms with E-state index in [1.807, 2.05) is 4.90 Å². The third kappa shape index (κ3) is 5.33. The lowest BCUT2D eigenvalue weighted by molar-refractivity contribution is -0.137. The van der Waals surface area contributed by atoms with Crippen molar-refractivity contribution >= 4 is 0 Å². The van der Waals surface area contributed by atoms with Gasteiger partial charge in [0.05, 0.1) is 12.1 Å². The highest BCUT2D eigenvalue weighted by Gasteiger charge is 2.30. The second-order valence-corrected chi connectivity index (χ2v) is 4.26. The topological polar surface area (TPSA) is 29.3 Å². The van der Waals surface area contributed by atoms with Crippen molar-refractivity contribution in [1.82, 2.24) is 4.90 Å². The average molecular weight is 270 g/mol. The summed E-state index contributed by atoms with van der Waals surface area (Å²) in [5.74, 6) is 2.50. The Morgan fingerprint density at radius 3 is 2.63 bits per heavy atom. The Bertz CT molecular complexity index is 435. The lowest BCUT2D eigenvalue weighted by atomic mass is 10.1. The van der Waals surface area contributed by atoms with E-state index in [-0.39, 0.29) is 0 Å². The minimum Gasteiger partial charge on any atom is -0.330 e. The predicted octanol–water partition coefficient (Wildman–Crippen LogP) is 2.49. The van der Waals surface area contributed by atoms with Gasteiger partial charge in [0, 0.05) is 13.1 Å². The van der Waals surface area contributed by atoms with E-state index < -0.39 is 11.7 Å². The van der Waals surface area contributed by atoms with Gasteiger partial charge in [-0.2, -0.15) is 13.2 Å². The molecule has 0 bridgehead atoms. The molecule has 1 aromatic rings. The summed E-state index contributed by atoms with van der Waals surface area (Å²) in [7, 11) is 0. The molecule has 0 aliphatic carbocycles. The number of benzene rings is 1. The van der Waals surface area contributed by atoms with Gasteiger partial charge in [-0.25, -0.2) is 0 Å². The molecule has 0 spiro atoms. The number of halogens is 3. The first-order valence-corrected chi connectivity index (χ1v) is 5.99. The number of nitrogens with zero attached hydrogens (tertiary/aromatic N) is 1. The van der Waals surface area contributed by atoms with Crippen LogP contribution < -0.4 is 5.73 Å². The fourth-order valence-corrected chi connectivity index (χ4v) is 1.76. The maximum absolute atomic E-state index is 12.6. The first kappa shape index (κ1) is 15.5. The molecule has 0 saturated carbocycles. The Morgan fingerprint density at radius 1 is 1.32 bits per heavy atom. The van der Waals surface area contributed by atoms with Gasteiger partial charge in [0.25, 0.3) is 0 Å². The highest BCUT2D eigenvalue weighted by atomic mass is 19.4. The van der Waals surface area contributed by atoms with Crippen molar-refractivity contribution in [2.24, 2.45) is 5.73 Å². The van der Waals surface area contributed by atoms with Crippen molar-refractivity contribution in [1.29, 1.82) is 0 Å². The van der Waals surface area contributed by atoms with Gasteiger partial charge in [0.2, 0.25) is 0 Å². The fraction of sp³-hybridized carbons (Fsp3) is 0.429. The monoisotopic (exact) mass is 270 g/mol. The first-order chi connectivity index (χ1) is 8.97. The van der Waals surface area contributed by atoms with Crippen LogP contribution in [0.5, 0.6) is 0 Å². The summed E-state index contributed by atoms with van der Waals surface area (Å²) in [5.41, 5.74) is 5.38. The van der Waals surface area contributed by atoms with Crippen LogP contribution in [0.2, 0.25) is 0 Å². The third-order valence-electron chi connectivity index (χ3n) is 2.65.